The summed E-state index contributed by atoms with van der Waals surface area (Å²) in [5, 5.41) is 3.27. The number of ether oxygens (including phenoxy) is 1. The maximum absolute atomic E-state index is 10.6. The van der Waals surface area contributed by atoms with Gasteiger partial charge in [0.15, 0.2) is 0 Å². The van der Waals surface area contributed by atoms with Crippen LogP contribution in [0.3, 0.4) is 0 Å². The average molecular weight is 350 g/mol. The molecule has 0 unspecified atom stereocenters. The lowest BCUT2D eigenvalue weighted by Gasteiger charge is -2.08. The number of anilines is 1. The molecule has 110 valence electrons. The minimum Gasteiger partial charge on any atom is -0.493 e. The van der Waals surface area contributed by atoms with Crippen LogP contribution >= 0.6 is 15.9 Å². The highest BCUT2D eigenvalue weighted by Gasteiger charge is 1.99. The summed E-state index contributed by atoms with van der Waals surface area (Å²) in [6, 6.07) is 11.4. The minimum atomic E-state index is -0.365. The summed E-state index contributed by atoms with van der Waals surface area (Å²) in [6.07, 6.45) is 1.99. The van der Waals surface area contributed by atoms with E-state index in [1.807, 2.05) is 36.4 Å². The van der Waals surface area contributed by atoms with Gasteiger partial charge in [-0.1, -0.05) is 0 Å². The van der Waals surface area contributed by atoms with E-state index in [0.29, 0.717) is 18.9 Å². The molecule has 5 nitrogen and oxygen atoms in total. The topological polar surface area (TPSA) is 77.2 Å². The number of nitrogens with one attached hydrogen (secondary N) is 1. The van der Waals surface area contributed by atoms with E-state index in [4.69, 9.17) is 10.5 Å². The fraction of sp³-hybridized carbons (Fsp3) is 0.200. The molecule has 2 rings (SSSR count). The number of amides is 1. The molecule has 1 amide bonds. The van der Waals surface area contributed by atoms with Gasteiger partial charge in [-0.25, -0.2) is 0 Å². The second-order valence-electron chi connectivity index (χ2n) is 4.41. The summed E-state index contributed by atoms with van der Waals surface area (Å²) in [5.74, 6) is 0.346. The molecule has 0 atom stereocenters. The number of carbonyl (C=O) groups is 1. The lowest BCUT2D eigenvalue weighted by Crippen LogP contribution is -2.14. The smallest absolute Gasteiger partial charge is 0.220 e. The summed E-state index contributed by atoms with van der Waals surface area (Å²) < 4.78 is 6.36. The highest BCUT2D eigenvalue weighted by atomic mass is 79.9. The van der Waals surface area contributed by atoms with Crippen molar-refractivity contribution >= 4 is 27.5 Å². The van der Waals surface area contributed by atoms with Crippen molar-refractivity contribution in [3.05, 3.63) is 52.8 Å². The van der Waals surface area contributed by atoms with Gasteiger partial charge in [-0.05, 0) is 52.3 Å². The number of halogens is 1. The lowest BCUT2D eigenvalue weighted by molar-refractivity contribution is -0.118. The third-order valence-electron chi connectivity index (χ3n) is 2.73. The van der Waals surface area contributed by atoms with E-state index < -0.39 is 0 Å². The lowest BCUT2D eigenvalue weighted by atomic mass is 10.3. The largest absolute Gasteiger partial charge is 0.493 e. The van der Waals surface area contributed by atoms with Crippen LogP contribution in [0.5, 0.6) is 5.75 Å². The molecule has 0 aliphatic heterocycles. The highest BCUT2D eigenvalue weighted by Crippen LogP contribution is 2.16. The van der Waals surface area contributed by atoms with Crippen molar-refractivity contribution in [2.45, 2.75) is 13.0 Å². The van der Waals surface area contributed by atoms with Crippen LogP contribution in [0.15, 0.2) is 47.1 Å². The number of aromatic nitrogens is 1. The molecular formula is C15H16BrN3O2. The standard InChI is InChI=1S/C15H16BrN3O2/c16-11-1-2-13(18-9-11)10-19-12-3-5-14(6-4-12)21-8-7-15(17)20/h1-6,9,19H,7-8,10H2,(H2,17,20). The van der Waals surface area contributed by atoms with Gasteiger partial charge < -0.3 is 15.8 Å². The van der Waals surface area contributed by atoms with Crippen molar-refractivity contribution in [2.75, 3.05) is 11.9 Å². The first-order chi connectivity index (χ1) is 10.1. The zero-order valence-electron chi connectivity index (χ0n) is 11.4. The molecule has 6 heteroatoms. The summed E-state index contributed by atoms with van der Waals surface area (Å²) >= 11 is 3.35. The van der Waals surface area contributed by atoms with Gasteiger partial charge in [-0.3, -0.25) is 9.78 Å². The molecule has 3 N–H and O–H groups in total. The predicted octanol–water partition coefficient (Wildman–Crippen LogP) is 2.71. The van der Waals surface area contributed by atoms with Gasteiger partial charge in [0, 0.05) is 16.4 Å². The Hall–Kier alpha value is -2.08. The second kappa shape index (κ2) is 7.64. The molecule has 0 saturated heterocycles. The quantitative estimate of drug-likeness (QED) is 0.805. The zero-order chi connectivity index (χ0) is 15.1. The van der Waals surface area contributed by atoms with Gasteiger partial charge in [-0.2, -0.15) is 0 Å². The number of carbonyl (C=O) groups excluding carboxylic acids is 1. The fourth-order valence-electron chi connectivity index (χ4n) is 1.64. The first-order valence-corrected chi connectivity index (χ1v) is 7.28. The van der Waals surface area contributed by atoms with Gasteiger partial charge in [-0.15, -0.1) is 0 Å². The molecule has 2 aromatic rings. The third-order valence-corrected chi connectivity index (χ3v) is 3.20. The Bertz CT molecular complexity index is 585. The van der Waals surface area contributed by atoms with Gasteiger partial charge in [0.2, 0.25) is 5.91 Å². The van der Waals surface area contributed by atoms with Crippen LogP contribution in [0, 0.1) is 0 Å². The average Bonchev–Trinajstić information content (AvgIpc) is 2.48. The van der Waals surface area contributed by atoms with E-state index in [9.17, 15) is 4.79 Å². The number of rotatable bonds is 7. The number of nitrogens with zero attached hydrogens (tertiary/aromatic N) is 1. The normalized spacial score (nSPS) is 10.1. The van der Waals surface area contributed by atoms with E-state index in [-0.39, 0.29) is 12.3 Å². The molecule has 0 bridgehead atoms. The molecule has 21 heavy (non-hydrogen) atoms. The number of benzene rings is 1. The van der Waals surface area contributed by atoms with Gasteiger partial charge in [0.05, 0.1) is 25.3 Å². The molecule has 0 aliphatic carbocycles. The van der Waals surface area contributed by atoms with Gasteiger partial charge in [0.1, 0.15) is 5.75 Å². The van der Waals surface area contributed by atoms with Gasteiger partial charge in [0.25, 0.3) is 0 Å². The van der Waals surface area contributed by atoms with Crippen molar-refractivity contribution in [3.63, 3.8) is 0 Å². The van der Waals surface area contributed by atoms with E-state index in [1.54, 1.807) is 6.20 Å². The van der Waals surface area contributed by atoms with Crippen molar-refractivity contribution in [3.8, 4) is 5.75 Å². The van der Waals surface area contributed by atoms with Gasteiger partial charge >= 0.3 is 0 Å². The third kappa shape index (κ3) is 5.43. The maximum atomic E-state index is 10.6. The number of hydrogen-bond donors (Lipinski definition) is 2. The highest BCUT2D eigenvalue weighted by molar-refractivity contribution is 9.10. The van der Waals surface area contributed by atoms with Crippen molar-refractivity contribution in [2.24, 2.45) is 5.73 Å². The van der Waals surface area contributed by atoms with E-state index >= 15 is 0 Å². The summed E-state index contributed by atoms with van der Waals surface area (Å²) in [6.45, 7) is 0.945. The fourth-order valence-corrected chi connectivity index (χ4v) is 1.88. The number of pyridine rings is 1. The Morgan fingerprint density at radius 2 is 2.00 bits per heavy atom. The van der Waals surface area contributed by atoms with Crippen molar-refractivity contribution in [1.29, 1.82) is 0 Å². The zero-order valence-corrected chi connectivity index (χ0v) is 13.0. The van der Waals surface area contributed by atoms with E-state index in [0.717, 1.165) is 15.9 Å². The van der Waals surface area contributed by atoms with Crippen LogP contribution in [0.4, 0.5) is 5.69 Å². The van der Waals surface area contributed by atoms with Crippen LogP contribution in [0.2, 0.25) is 0 Å². The summed E-state index contributed by atoms with van der Waals surface area (Å²) in [5.41, 5.74) is 6.98. The van der Waals surface area contributed by atoms with Crippen LogP contribution in [-0.4, -0.2) is 17.5 Å². The first-order valence-electron chi connectivity index (χ1n) is 6.49. The summed E-state index contributed by atoms with van der Waals surface area (Å²) in [7, 11) is 0. The van der Waals surface area contributed by atoms with Crippen molar-refractivity contribution in [1.82, 2.24) is 4.98 Å². The Labute approximate surface area is 131 Å². The SMILES string of the molecule is NC(=O)CCOc1ccc(NCc2ccc(Br)cn2)cc1. The number of hydrogen-bond acceptors (Lipinski definition) is 4. The van der Waals surface area contributed by atoms with E-state index in [2.05, 4.69) is 26.2 Å². The van der Waals surface area contributed by atoms with Crippen LogP contribution in [0.25, 0.3) is 0 Å². The van der Waals surface area contributed by atoms with Crippen LogP contribution in [-0.2, 0) is 11.3 Å². The molecule has 0 aliphatic rings. The molecule has 0 radical (unpaired) electrons. The maximum Gasteiger partial charge on any atom is 0.220 e. The van der Waals surface area contributed by atoms with Crippen LogP contribution in [0.1, 0.15) is 12.1 Å². The molecule has 1 aromatic carbocycles. The molecule has 0 saturated carbocycles. The molecule has 1 aromatic heterocycles. The minimum absolute atomic E-state index is 0.217. The predicted molar refractivity (Wildman–Crippen MR) is 85.0 cm³/mol. The second-order valence-corrected chi connectivity index (χ2v) is 5.33. The Morgan fingerprint density at radius 1 is 1.24 bits per heavy atom. The Morgan fingerprint density at radius 3 is 2.62 bits per heavy atom. The Balaban J connectivity index is 1.81. The monoisotopic (exact) mass is 349 g/mol. The molecule has 0 fully saturated rings. The van der Waals surface area contributed by atoms with E-state index in [1.165, 1.54) is 0 Å². The first kappa shape index (κ1) is 15.3. The van der Waals surface area contributed by atoms with Crippen LogP contribution < -0.4 is 15.8 Å². The molecular weight excluding hydrogens is 334 g/mol. The number of primary amides is 1. The number of nitrogens with two attached hydrogens (primary N) is 1. The molecule has 0 spiro atoms. The summed E-state index contributed by atoms with van der Waals surface area (Å²) in [4.78, 5) is 14.9. The Kier molecular flexibility index (Phi) is 5.57. The van der Waals surface area contributed by atoms with Crippen molar-refractivity contribution < 1.29 is 9.53 Å². The molecule has 1 heterocycles.